The van der Waals surface area contributed by atoms with Crippen LogP contribution in [0.15, 0.2) is 55.1 Å². The molecule has 0 unspecified atom stereocenters. The molecule has 0 radical (unpaired) electrons. The Morgan fingerprint density at radius 2 is 1.08 bits per heavy atom. The van der Waals surface area contributed by atoms with E-state index >= 15 is 0 Å². The van der Waals surface area contributed by atoms with Crippen molar-refractivity contribution in [3.05, 3.63) is 66.2 Å². The number of nitrogens with zero attached hydrogens (tertiary/aromatic N) is 2. The Kier molecular flexibility index (Phi) is 6.41. The fraction of sp³-hybridized carbons (Fsp3) is 0.300. The van der Waals surface area contributed by atoms with Gasteiger partial charge in [-0.2, -0.15) is 0 Å². The predicted molar refractivity (Wildman–Crippen MR) is 102 cm³/mol. The lowest BCUT2D eigenvalue weighted by atomic mass is 9.99. The maximum Gasteiger partial charge on any atom is 0.0606 e. The summed E-state index contributed by atoms with van der Waals surface area (Å²) in [4.78, 5) is 4.02. The third-order valence-corrected chi connectivity index (χ3v) is 4.18. The second kappa shape index (κ2) is 8.52. The molecule has 24 heavy (non-hydrogen) atoms. The van der Waals surface area contributed by atoms with Gasteiger partial charge >= 0.3 is 0 Å². The summed E-state index contributed by atoms with van der Waals surface area (Å²) in [5, 5.41) is 18.0. The van der Waals surface area contributed by atoms with Gasteiger partial charge in [-0.15, -0.1) is 0 Å². The number of aliphatic hydroxyl groups excluding tert-OH is 2. The normalized spacial score (nSPS) is 10.5. The summed E-state index contributed by atoms with van der Waals surface area (Å²) in [7, 11) is 3.92. The van der Waals surface area contributed by atoms with Gasteiger partial charge in [0, 0.05) is 38.6 Å². The molecule has 0 atom stereocenters. The van der Waals surface area contributed by atoms with E-state index in [0.29, 0.717) is 13.1 Å². The molecule has 4 heteroatoms. The number of rotatable bonds is 8. The Bertz CT molecular complexity index is 593. The van der Waals surface area contributed by atoms with Crippen molar-refractivity contribution >= 4 is 16.9 Å². The fourth-order valence-corrected chi connectivity index (χ4v) is 2.56. The average Bonchev–Trinajstić information content (AvgIpc) is 2.62. The minimum Gasteiger partial charge on any atom is -0.395 e. The molecule has 0 aliphatic carbocycles. The predicted octanol–water partition coefficient (Wildman–Crippen LogP) is 2.61. The van der Waals surface area contributed by atoms with Crippen LogP contribution in [0.1, 0.15) is 11.1 Å². The maximum absolute atomic E-state index is 9.01. The van der Waals surface area contributed by atoms with Crippen LogP contribution in [-0.4, -0.2) is 50.6 Å². The molecule has 0 saturated heterocycles. The molecular formula is C20H26N2O2. The lowest BCUT2D eigenvalue weighted by Gasteiger charge is -2.19. The minimum atomic E-state index is 0.141. The summed E-state index contributed by atoms with van der Waals surface area (Å²) in [5.41, 5.74) is 5.27. The number of anilines is 2. The van der Waals surface area contributed by atoms with E-state index in [2.05, 4.69) is 30.8 Å². The van der Waals surface area contributed by atoms with Crippen LogP contribution in [0, 0.1) is 0 Å². The quantitative estimate of drug-likeness (QED) is 0.783. The van der Waals surface area contributed by atoms with Gasteiger partial charge in [0.25, 0.3) is 0 Å². The van der Waals surface area contributed by atoms with Gasteiger partial charge in [0.05, 0.1) is 13.2 Å². The first-order chi connectivity index (χ1) is 11.6. The van der Waals surface area contributed by atoms with Gasteiger partial charge in [-0.05, 0) is 41.0 Å². The van der Waals surface area contributed by atoms with Crippen molar-refractivity contribution < 1.29 is 10.2 Å². The van der Waals surface area contributed by atoms with E-state index < -0.39 is 0 Å². The van der Waals surface area contributed by atoms with Crippen molar-refractivity contribution in [3.63, 3.8) is 0 Å². The van der Waals surface area contributed by atoms with E-state index in [1.807, 2.05) is 48.2 Å². The second-order valence-corrected chi connectivity index (χ2v) is 5.86. The summed E-state index contributed by atoms with van der Waals surface area (Å²) in [6.45, 7) is 5.72. The van der Waals surface area contributed by atoms with Crippen molar-refractivity contribution in [2.24, 2.45) is 0 Å². The zero-order chi connectivity index (χ0) is 17.5. The third-order valence-electron chi connectivity index (χ3n) is 4.18. The molecule has 0 spiro atoms. The second-order valence-electron chi connectivity index (χ2n) is 5.86. The molecule has 0 bridgehead atoms. The Balaban J connectivity index is 2.11. The van der Waals surface area contributed by atoms with Gasteiger partial charge in [0.2, 0.25) is 0 Å². The van der Waals surface area contributed by atoms with Crippen LogP contribution in [0.25, 0.3) is 5.57 Å². The molecule has 4 nitrogen and oxygen atoms in total. The molecule has 0 heterocycles. The molecule has 2 aromatic rings. The lowest BCUT2D eigenvalue weighted by molar-refractivity contribution is 0.304. The number of aliphatic hydroxyl groups is 2. The van der Waals surface area contributed by atoms with Crippen LogP contribution in [0.2, 0.25) is 0 Å². The Morgan fingerprint density at radius 1 is 0.750 bits per heavy atom. The van der Waals surface area contributed by atoms with Gasteiger partial charge < -0.3 is 20.0 Å². The van der Waals surface area contributed by atoms with Crippen molar-refractivity contribution in [2.75, 3.05) is 50.2 Å². The molecule has 0 aliphatic rings. The Hall–Kier alpha value is -2.30. The average molecular weight is 326 g/mol. The van der Waals surface area contributed by atoms with Crippen LogP contribution in [-0.2, 0) is 0 Å². The van der Waals surface area contributed by atoms with Crippen LogP contribution in [0.3, 0.4) is 0 Å². The topological polar surface area (TPSA) is 46.9 Å². The Morgan fingerprint density at radius 3 is 1.38 bits per heavy atom. The molecule has 128 valence electrons. The highest BCUT2D eigenvalue weighted by atomic mass is 16.3. The molecule has 2 rings (SSSR count). The van der Waals surface area contributed by atoms with E-state index in [-0.39, 0.29) is 13.2 Å². The van der Waals surface area contributed by atoms with E-state index in [9.17, 15) is 0 Å². The highest BCUT2D eigenvalue weighted by Gasteiger charge is 2.06. The first-order valence-corrected chi connectivity index (χ1v) is 8.10. The number of likely N-dealkylation sites (N-methyl/N-ethyl adjacent to an activating group) is 2. The summed E-state index contributed by atoms with van der Waals surface area (Å²) >= 11 is 0. The summed E-state index contributed by atoms with van der Waals surface area (Å²) < 4.78 is 0. The van der Waals surface area contributed by atoms with Crippen molar-refractivity contribution in [2.45, 2.75) is 0 Å². The summed E-state index contributed by atoms with van der Waals surface area (Å²) in [5.74, 6) is 0. The molecule has 2 aromatic carbocycles. The van der Waals surface area contributed by atoms with Gasteiger partial charge in [0.15, 0.2) is 0 Å². The third kappa shape index (κ3) is 4.37. The minimum absolute atomic E-state index is 0.141. The lowest BCUT2D eigenvalue weighted by Crippen LogP contribution is -2.21. The molecule has 2 N–H and O–H groups in total. The van der Waals surface area contributed by atoms with Crippen molar-refractivity contribution in [1.82, 2.24) is 0 Å². The van der Waals surface area contributed by atoms with E-state index in [1.54, 1.807) is 0 Å². The molecule has 0 fully saturated rings. The molecular weight excluding hydrogens is 300 g/mol. The maximum atomic E-state index is 9.01. The first-order valence-electron chi connectivity index (χ1n) is 8.10. The standard InChI is InChI=1S/C20H26N2O2/c1-16(17-4-8-19(9-5-17)21(2)12-14-23)18-6-10-20(11-7-18)22(3)13-15-24/h4-11,23-24H,1,12-15H2,2-3H3. The highest BCUT2D eigenvalue weighted by molar-refractivity contribution is 5.79. The monoisotopic (exact) mass is 326 g/mol. The van der Waals surface area contributed by atoms with E-state index in [0.717, 1.165) is 28.1 Å². The van der Waals surface area contributed by atoms with E-state index in [1.165, 1.54) is 0 Å². The molecule has 0 aromatic heterocycles. The van der Waals surface area contributed by atoms with Crippen LogP contribution < -0.4 is 9.80 Å². The van der Waals surface area contributed by atoms with E-state index in [4.69, 9.17) is 10.2 Å². The van der Waals surface area contributed by atoms with Gasteiger partial charge in [-0.1, -0.05) is 30.8 Å². The van der Waals surface area contributed by atoms with Crippen molar-refractivity contribution in [1.29, 1.82) is 0 Å². The van der Waals surface area contributed by atoms with Crippen LogP contribution >= 0.6 is 0 Å². The smallest absolute Gasteiger partial charge is 0.0606 e. The van der Waals surface area contributed by atoms with Crippen LogP contribution in [0.4, 0.5) is 11.4 Å². The molecule has 0 amide bonds. The Labute approximate surface area is 144 Å². The zero-order valence-corrected chi connectivity index (χ0v) is 14.4. The van der Waals surface area contributed by atoms with Gasteiger partial charge in [0.1, 0.15) is 0 Å². The summed E-state index contributed by atoms with van der Waals surface area (Å²) in [6.07, 6.45) is 0. The van der Waals surface area contributed by atoms with Gasteiger partial charge in [-0.25, -0.2) is 0 Å². The number of hydrogen-bond acceptors (Lipinski definition) is 4. The SMILES string of the molecule is C=C(c1ccc(N(C)CCO)cc1)c1ccc(N(C)CCO)cc1. The van der Waals surface area contributed by atoms with Gasteiger partial charge in [-0.3, -0.25) is 0 Å². The molecule has 0 saturated carbocycles. The van der Waals surface area contributed by atoms with Crippen LogP contribution in [0.5, 0.6) is 0 Å². The van der Waals surface area contributed by atoms with Crippen molar-refractivity contribution in [3.8, 4) is 0 Å². The highest BCUT2D eigenvalue weighted by Crippen LogP contribution is 2.25. The number of benzene rings is 2. The summed E-state index contributed by atoms with van der Waals surface area (Å²) in [6, 6.07) is 16.4. The zero-order valence-electron chi connectivity index (χ0n) is 14.4. The molecule has 0 aliphatic heterocycles. The first kappa shape index (κ1) is 18.0. The number of hydrogen-bond donors (Lipinski definition) is 2. The largest absolute Gasteiger partial charge is 0.395 e. The fourth-order valence-electron chi connectivity index (χ4n) is 2.56.